The summed E-state index contributed by atoms with van der Waals surface area (Å²) in [6, 6.07) is 15.1. The molecule has 3 N–H and O–H groups in total. The summed E-state index contributed by atoms with van der Waals surface area (Å²) in [7, 11) is 3.29. The lowest BCUT2D eigenvalue weighted by atomic mass is 10.1. The third kappa shape index (κ3) is 7.95. The minimum atomic E-state index is -4.41. The molecule has 0 saturated carbocycles. The highest BCUT2D eigenvalue weighted by Crippen LogP contribution is 2.29. The molecule has 10 heteroatoms. The molecule has 1 heterocycles. The van der Waals surface area contributed by atoms with Crippen LogP contribution in [0, 0.1) is 0 Å². The number of nitrogens with zero attached hydrogens (tertiary/aromatic N) is 2. The monoisotopic (exact) mass is 573 g/mol. The normalized spacial score (nSPS) is 11.7. The molecule has 1 aromatic heterocycles. The van der Waals surface area contributed by atoms with Crippen molar-refractivity contribution in [3.8, 4) is 0 Å². The third-order valence-electron chi connectivity index (χ3n) is 4.85. The Morgan fingerprint density at radius 2 is 1.82 bits per heavy atom. The molecule has 1 amide bonds. The number of fused-ring (bicyclic) bond motifs is 1. The van der Waals surface area contributed by atoms with Crippen LogP contribution in [-0.2, 0) is 23.9 Å². The quantitative estimate of drug-likeness (QED) is 0.226. The summed E-state index contributed by atoms with van der Waals surface area (Å²) in [5.74, 6) is 0.211. The van der Waals surface area contributed by atoms with E-state index in [1.54, 1.807) is 20.2 Å². The van der Waals surface area contributed by atoms with E-state index in [4.69, 9.17) is 0 Å². The van der Waals surface area contributed by atoms with Crippen molar-refractivity contribution in [2.75, 3.05) is 27.2 Å². The zero-order valence-corrected chi connectivity index (χ0v) is 20.7. The van der Waals surface area contributed by atoms with Gasteiger partial charge in [0.25, 0.3) is 0 Å². The van der Waals surface area contributed by atoms with Crippen LogP contribution in [0.1, 0.15) is 16.8 Å². The Labute approximate surface area is 207 Å². The van der Waals surface area contributed by atoms with Crippen LogP contribution in [0.15, 0.2) is 59.6 Å². The number of nitrogens with one attached hydrogen (secondary N) is 3. The van der Waals surface area contributed by atoms with Crippen molar-refractivity contribution in [2.45, 2.75) is 19.1 Å². The number of hydrogen-bond acceptors (Lipinski definition) is 2. The number of hydrogen-bond donors (Lipinski definition) is 3. The van der Waals surface area contributed by atoms with Gasteiger partial charge in [-0.25, -0.2) is 4.99 Å². The van der Waals surface area contributed by atoms with Gasteiger partial charge in [0.05, 0.1) is 18.7 Å². The highest BCUT2D eigenvalue weighted by atomic mass is 127. The van der Waals surface area contributed by atoms with Crippen LogP contribution in [0.25, 0.3) is 10.9 Å². The van der Waals surface area contributed by atoms with Crippen molar-refractivity contribution in [1.82, 2.24) is 20.5 Å². The fraction of sp³-hybridized carbons (Fsp3) is 0.304. The molecule has 0 aliphatic rings. The van der Waals surface area contributed by atoms with E-state index in [0.717, 1.165) is 28.7 Å². The number of rotatable bonds is 7. The van der Waals surface area contributed by atoms with E-state index in [2.05, 4.69) is 26.7 Å². The molecule has 0 aliphatic carbocycles. The van der Waals surface area contributed by atoms with E-state index in [-0.39, 0.29) is 43.0 Å². The maximum absolute atomic E-state index is 13.0. The van der Waals surface area contributed by atoms with Gasteiger partial charge in [0.1, 0.15) is 0 Å². The van der Waals surface area contributed by atoms with Crippen LogP contribution in [-0.4, -0.2) is 48.9 Å². The minimum Gasteiger partial charge on any atom is -0.358 e. The Hall–Kier alpha value is -2.76. The minimum absolute atomic E-state index is 0. The number of carbonyl (C=O) groups excluding carboxylic acids is 1. The molecule has 0 saturated heterocycles. The Kier molecular flexibility index (Phi) is 9.56. The first-order chi connectivity index (χ1) is 15.2. The molecular weight excluding hydrogens is 546 g/mol. The van der Waals surface area contributed by atoms with Gasteiger partial charge in [-0.3, -0.25) is 4.79 Å². The molecule has 2 aromatic carbocycles. The Bertz CT molecular complexity index is 1060. The average molecular weight is 573 g/mol. The van der Waals surface area contributed by atoms with Gasteiger partial charge in [0, 0.05) is 38.3 Å². The van der Waals surface area contributed by atoms with E-state index < -0.39 is 11.7 Å². The van der Waals surface area contributed by atoms with E-state index in [1.165, 1.54) is 11.0 Å². The van der Waals surface area contributed by atoms with Crippen molar-refractivity contribution in [3.05, 3.63) is 71.4 Å². The van der Waals surface area contributed by atoms with Gasteiger partial charge < -0.3 is 20.5 Å². The zero-order valence-electron chi connectivity index (χ0n) is 18.4. The zero-order chi connectivity index (χ0) is 23.1. The van der Waals surface area contributed by atoms with Gasteiger partial charge in [-0.1, -0.05) is 30.3 Å². The van der Waals surface area contributed by atoms with Crippen molar-refractivity contribution in [2.24, 2.45) is 4.99 Å². The first-order valence-corrected chi connectivity index (χ1v) is 10.2. The number of halogens is 4. The Morgan fingerprint density at radius 1 is 1.06 bits per heavy atom. The largest absolute Gasteiger partial charge is 0.416 e. The van der Waals surface area contributed by atoms with Crippen molar-refractivity contribution in [1.29, 1.82) is 0 Å². The second-order valence-corrected chi connectivity index (χ2v) is 7.56. The van der Waals surface area contributed by atoms with E-state index in [9.17, 15) is 18.0 Å². The highest BCUT2D eigenvalue weighted by molar-refractivity contribution is 14.0. The van der Waals surface area contributed by atoms with Crippen LogP contribution in [0.4, 0.5) is 13.2 Å². The lowest BCUT2D eigenvalue weighted by molar-refractivity contribution is -0.137. The van der Waals surface area contributed by atoms with Crippen LogP contribution in [0.2, 0.25) is 0 Å². The second-order valence-electron chi connectivity index (χ2n) is 7.56. The molecule has 178 valence electrons. The number of aromatic nitrogens is 1. The Balaban J connectivity index is 0.00000385. The van der Waals surface area contributed by atoms with Crippen LogP contribution >= 0.6 is 24.0 Å². The summed E-state index contributed by atoms with van der Waals surface area (Å²) in [6.07, 6.45) is -3.72. The number of aromatic amines is 1. The number of benzene rings is 2. The first kappa shape index (κ1) is 26.5. The SMILES string of the molecule is CN(C)C(=O)CNC(=NCc1cccc(C(F)(F)F)c1)NCCc1cc2ccccc2[nH]1.I. The molecule has 0 radical (unpaired) electrons. The molecule has 0 fully saturated rings. The molecule has 33 heavy (non-hydrogen) atoms. The molecule has 0 bridgehead atoms. The molecule has 6 nitrogen and oxygen atoms in total. The van der Waals surface area contributed by atoms with Gasteiger partial charge in [-0.05, 0) is 35.2 Å². The van der Waals surface area contributed by atoms with E-state index in [0.29, 0.717) is 24.5 Å². The van der Waals surface area contributed by atoms with Crippen LogP contribution in [0.3, 0.4) is 0 Å². The predicted octanol–water partition coefficient (Wildman–Crippen LogP) is 4.17. The standard InChI is InChI=1S/C23H26F3N5O.HI/c1-31(2)21(32)15-29-22(28-14-16-6-5-8-18(12-16)23(24,25)26)27-11-10-19-13-17-7-3-4-9-20(17)30-19;/h3-9,12-13,30H,10-11,14-15H2,1-2H3,(H2,27,28,29);1H. The lowest BCUT2D eigenvalue weighted by Gasteiger charge is -2.15. The number of alkyl halides is 3. The van der Waals surface area contributed by atoms with Gasteiger partial charge in [-0.15, -0.1) is 24.0 Å². The highest BCUT2D eigenvalue weighted by Gasteiger charge is 2.30. The van der Waals surface area contributed by atoms with Crippen molar-refractivity contribution < 1.29 is 18.0 Å². The summed E-state index contributed by atoms with van der Waals surface area (Å²) in [6.45, 7) is 0.590. The molecule has 0 aliphatic heterocycles. The van der Waals surface area contributed by atoms with Crippen molar-refractivity contribution in [3.63, 3.8) is 0 Å². The number of likely N-dealkylation sites (N-methyl/N-ethyl adjacent to an activating group) is 1. The number of guanidine groups is 1. The topological polar surface area (TPSA) is 72.5 Å². The summed E-state index contributed by atoms with van der Waals surface area (Å²) >= 11 is 0. The summed E-state index contributed by atoms with van der Waals surface area (Å²) < 4.78 is 38.9. The molecule has 0 unspecified atom stereocenters. The average Bonchev–Trinajstić information content (AvgIpc) is 3.17. The molecule has 0 atom stereocenters. The maximum Gasteiger partial charge on any atom is 0.416 e. The smallest absolute Gasteiger partial charge is 0.358 e. The summed E-state index contributed by atoms with van der Waals surface area (Å²) in [4.78, 5) is 21.1. The summed E-state index contributed by atoms with van der Waals surface area (Å²) in [5, 5.41) is 7.21. The lowest BCUT2D eigenvalue weighted by Crippen LogP contribution is -2.43. The van der Waals surface area contributed by atoms with Gasteiger partial charge >= 0.3 is 6.18 Å². The molecular formula is C23H27F3IN5O. The molecule has 3 aromatic rings. The number of amides is 1. The van der Waals surface area contributed by atoms with Gasteiger partial charge in [-0.2, -0.15) is 13.2 Å². The fourth-order valence-corrected chi connectivity index (χ4v) is 3.09. The number of aliphatic imine (C=N–C) groups is 1. The number of H-pyrrole nitrogens is 1. The summed E-state index contributed by atoms with van der Waals surface area (Å²) in [5.41, 5.74) is 1.81. The molecule has 0 spiro atoms. The predicted molar refractivity (Wildman–Crippen MR) is 135 cm³/mol. The first-order valence-electron chi connectivity index (χ1n) is 10.2. The Morgan fingerprint density at radius 3 is 2.52 bits per heavy atom. The fourth-order valence-electron chi connectivity index (χ4n) is 3.09. The number of carbonyl (C=O) groups is 1. The maximum atomic E-state index is 13.0. The number of para-hydroxylation sites is 1. The van der Waals surface area contributed by atoms with E-state index in [1.807, 2.05) is 24.3 Å². The third-order valence-corrected chi connectivity index (χ3v) is 4.85. The van der Waals surface area contributed by atoms with Crippen molar-refractivity contribution >= 4 is 46.7 Å². The van der Waals surface area contributed by atoms with E-state index >= 15 is 0 Å². The van der Waals surface area contributed by atoms with Crippen LogP contribution < -0.4 is 10.6 Å². The van der Waals surface area contributed by atoms with Crippen LogP contribution in [0.5, 0.6) is 0 Å². The molecule has 3 rings (SSSR count). The van der Waals surface area contributed by atoms with Gasteiger partial charge in [0.15, 0.2) is 5.96 Å². The second kappa shape index (κ2) is 11.9. The van der Waals surface area contributed by atoms with Gasteiger partial charge in [0.2, 0.25) is 5.91 Å².